The number of nitriles is 1. The van der Waals surface area contributed by atoms with E-state index >= 15 is 0 Å². The quantitative estimate of drug-likeness (QED) is 0.885. The number of benzene rings is 1. The summed E-state index contributed by atoms with van der Waals surface area (Å²) in [6, 6.07) is 8.58. The molecule has 1 aliphatic rings. The van der Waals surface area contributed by atoms with Gasteiger partial charge in [0.05, 0.1) is 11.6 Å². The van der Waals surface area contributed by atoms with Crippen molar-refractivity contribution in [1.82, 2.24) is 0 Å². The summed E-state index contributed by atoms with van der Waals surface area (Å²) in [5.41, 5.74) is -0.674. The van der Waals surface area contributed by atoms with E-state index in [4.69, 9.17) is 10.00 Å². The van der Waals surface area contributed by atoms with E-state index < -0.39 is 11.6 Å². The summed E-state index contributed by atoms with van der Waals surface area (Å²) < 4.78 is 5.60. The highest BCUT2D eigenvalue weighted by atomic mass is 32.2. The molecule has 1 heterocycles. The molecule has 1 atom stereocenters. The SMILES string of the molecule is N#Cc1cccc(OC2(C(=O)O)CCSC2)c1. The van der Waals surface area contributed by atoms with Gasteiger partial charge in [-0.2, -0.15) is 17.0 Å². The number of nitrogens with zero attached hydrogens (tertiary/aromatic N) is 1. The lowest BCUT2D eigenvalue weighted by atomic mass is 10.0. The number of carboxylic acid groups (broad SMARTS) is 1. The molecule has 1 fully saturated rings. The van der Waals surface area contributed by atoms with Crippen LogP contribution in [0.1, 0.15) is 12.0 Å². The van der Waals surface area contributed by atoms with Gasteiger partial charge in [0.25, 0.3) is 0 Å². The summed E-state index contributed by atoms with van der Waals surface area (Å²) in [5, 5.41) is 18.0. The summed E-state index contributed by atoms with van der Waals surface area (Å²) in [4.78, 5) is 11.3. The lowest BCUT2D eigenvalue weighted by molar-refractivity contribution is -0.152. The predicted octanol–water partition coefficient (Wildman–Crippen LogP) is 1.90. The van der Waals surface area contributed by atoms with Gasteiger partial charge in [0.2, 0.25) is 5.60 Å². The van der Waals surface area contributed by atoms with Crippen LogP contribution >= 0.6 is 11.8 Å². The van der Waals surface area contributed by atoms with Crippen molar-refractivity contribution in [2.24, 2.45) is 0 Å². The molecule has 1 aromatic carbocycles. The van der Waals surface area contributed by atoms with E-state index in [2.05, 4.69) is 0 Å². The minimum absolute atomic E-state index is 0.439. The molecular weight excluding hydrogens is 238 g/mol. The molecule has 0 amide bonds. The van der Waals surface area contributed by atoms with E-state index in [0.717, 1.165) is 5.75 Å². The zero-order valence-electron chi connectivity index (χ0n) is 9.05. The van der Waals surface area contributed by atoms with Crippen LogP contribution in [0, 0.1) is 11.3 Å². The van der Waals surface area contributed by atoms with Gasteiger partial charge in [-0.25, -0.2) is 4.79 Å². The normalized spacial score (nSPS) is 23.0. The zero-order chi connectivity index (χ0) is 12.3. The van der Waals surface area contributed by atoms with Crippen molar-refractivity contribution in [3.05, 3.63) is 29.8 Å². The van der Waals surface area contributed by atoms with Crippen LogP contribution in [0.3, 0.4) is 0 Å². The van der Waals surface area contributed by atoms with Gasteiger partial charge >= 0.3 is 5.97 Å². The fourth-order valence-corrected chi connectivity index (χ4v) is 2.97. The number of hydrogen-bond acceptors (Lipinski definition) is 4. The first-order valence-electron chi connectivity index (χ1n) is 5.17. The smallest absolute Gasteiger partial charge is 0.348 e. The van der Waals surface area contributed by atoms with Crippen molar-refractivity contribution in [1.29, 1.82) is 5.26 Å². The Morgan fingerprint density at radius 2 is 2.41 bits per heavy atom. The summed E-state index contributed by atoms with van der Waals surface area (Å²) >= 11 is 1.57. The molecule has 0 aromatic heterocycles. The average Bonchev–Trinajstić information content (AvgIpc) is 2.79. The first-order chi connectivity index (χ1) is 8.16. The highest BCUT2D eigenvalue weighted by molar-refractivity contribution is 7.99. The molecule has 0 spiro atoms. The van der Waals surface area contributed by atoms with E-state index in [1.54, 1.807) is 36.0 Å². The molecule has 17 heavy (non-hydrogen) atoms. The summed E-state index contributed by atoms with van der Waals surface area (Å²) in [6.07, 6.45) is 0.490. The number of hydrogen-bond donors (Lipinski definition) is 1. The average molecular weight is 249 g/mol. The maximum absolute atomic E-state index is 11.3. The van der Waals surface area contributed by atoms with Gasteiger partial charge in [0.15, 0.2) is 0 Å². The molecule has 1 aromatic rings. The van der Waals surface area contributed by atoms with Crippen LogP contribution in [-0.4, -0.2) is 28.2 Å². The van der Waals surface area contributed by atoms with Crippen molar-refractivity contribution in [2.75, 3.05) is 11.5 Å². The molecule has 0 aliphatic carbocycles. The second-order valence-electron chi connectivity index (χ2n) is 3.84. The van der Waals surface area contributed by atoms with E-state index in [-0.39, 0.29) is 0 Å². The number of thioether (sulfide) groups is 1. The maximum atomic E-state index is 11.3. The van der Waals surface area contributed by atoms with Crippen molar-refractivity contribution in [3.8, 4) is 11.8 Å². The van der Waals surface area contributed by atoms with Gasteiger partial charge in [-0.15, -0.1) is 0 Å². The Labute approximate surface area is 103 Å². The molecule has 2 rings (SSSR count). The molecule has 1 aliphatic heterocycles. The van der Waals surface area contributed by atoms with Crippen LogP contribution in [0.25, 0.3) is 0 Å². The number of ether oxygens (including phenoxy) is 1. The molecule has 0 saturated carbocycles. The van der Waals surface area contributed by atoms with Gasteiger partial charge in [0.1, 0.15) is 5.75 Å². The second kappa shape index (κ2) is 4.68. The van der Waals surface area contributed by atoms with Gasteiger partial charge in [-0.05, 0) is 24.0 Å². The molecule has 1 N–H and O–H groups in total. The van der Waals surface area contributed by atoms with Crippen molar-refractivity contribution >= 4 is 17.7 Å². The highest BCUT2D eigenvalue weighted by Gasteiger charge is 2.44. The van der Waals surface area contributed by atoms with E-state index in [1.165, 1.54) is 0 Å². The molecule has 0 bridgehead atoms. The van der Waals surface area contributed by atoms with Crippen molar-refractivity contribution < 1.29 is 14.6 Å². The standard InChI is InChI=1S/C12H11NO3S/c13-7-9-2-1-3-10(6-9)16-12(11(14)15)4-5-17-8-12/h1-3,6H,4-5,8H2,(H,14,15). The van der Waals surface area contributed by atoms with Crippen LogP contribution in [0.15, 0.2) is 24.3 Å². The molecule has 88 valence electrons. The Kier molecular flexibility index (Phi) is 3.25. The largest absolute Gasteiger partial charge is 0.478 e. The Hall–Kier alpha value is -1.67. The maximum Gasteiger partial charge on any atom is 0.348 e. The summed E-state index contributed by atoms with van der Waals surface area (Å²) in [7, 11) is 0. The first-order valence-corrected chi connectivity index (χ1v) is 6.32. The van der Waals surface area contributed by atoms with Crippen LogP contribution in [-0.2, 0) is 4.79 Å². The van der Waals surface area contributed by atoms with E-state index in [9.17, 15) is 9.90 Å². The number of carboxylic acids is 1. The second-order valence-corrected chi connectivity index (χ2v) is 4.95. The third kappa shape index (κ3) is 2.37. The summed E-state index contributed by atoms with van der Waals surface area (Å²) in [6.45, 7) is 0. The molecule has 5 heteroatoms. The Morgan fingerprint density at radius 3 is 3.00 bits per heavy atom. The van der Waals surface area contributed by atoms with Crippen LogP contribution in [0.4, 0.5) is 0 Å². The predicted molar refractivity (Wildman–Crippen MR) is 64.1 cm³/mol. The van der Waals surface area contributed by atoms with Crippen LogP contribution in [0.5, 0.6) is 5.75 Å². The molecular formula is C12H11NO3S. The summed E-state index contributed by atoms with van der Waals surface area (Å²) in [5.74, 6) is 0.724. The minimum atomic E-state index is -1.14. The van der Waals surface area contributed by atoms with Crippen LogP contribution < -0.4 is 4.74 Å². The van der Waals surface area contributed by atoms with Crippen molar-refractivity contribution in [3.63, 3.8) is 0 Å². The Balaban J connectivity index is 2.24. The van der Waals surface area contributed by atoms with Crippen LogP contribution in [0.2, 0.25) is 0 Å². The lowest BCUT2D eigenvalue weighted by Gasteiger charge is -2.24. The monoisotopic (exact) mass is 249 g/mol. The fraction of sp³-hybridized carbons (Fsp3) is 0.333. The number of rotatable bonds is 3. The minimum Gasteiger partial charge on any atom is -0.478 e. The van der Waals surface area contributed by atoms with Gasteiger partial charge in [-0.1, -0.05) is 6.07 Å². The third-order valence-corrected chi connectivity index (χ3v) is 3.81. The molecule has 1 saturated heterocycles. The third-order valence-electron chi connectivity index (χ3n) is 2.65. The topological polar surface area (TPSA) is 70.3 Å². The van der Waals surface area contributed by atoms with Gasteiger partial charge in [0, 0.05) is 12.2 Å². The van der Waals surface area contributed by atoms with Gasteiger partial charge in [-0.3, -0.25) is 0 Å². The first kappa shape index (κ1) is 11.8. The number of aliphatic carboxylic acids is 1. The van der Waals surface area contributed by atoms with Gasteiger partial charge < -0.3 is 9.84 Å². The molecule has 0 radical (unpaired) electrons. The lowest BCUT2D eigenvalue weighted by Crippen LogP contribution is -2.44. The molecule has 1 unspecified atom stereocenters. The zero-order valence-corrected chi connectivity index (χ0v) is 9.87. The number of carbonyl (C=O) groups is 1. The fourth-order valence-electron chi connectivity index (χ4n) is 1.69. The Morgan fingerprint density at radius 1 is 1.59 bits per heavy atom. The van der Waals surface area contributed by atoms with Crippen molar-refractivity contribution in [2.45, 2.75) is 12.0 Å². The highest BCUT2D eigenvalue weighted by Crippen LogP contribution is 2.33. The van der Waals surface area contributed by atoms with E-state index in [0.29, 0.717) is 23.5 Å². The molecule has 4 nitrogen and oxygen atoms in total. The Bertz CT molecular complexity index is 475. The van der Waals surface area contributed by atoms with E-state index in [1.807, 2.05) is 6.07 Å².